The SMILES string of the molecule is COc1ccc([C@H]2CCCN2C(=O)[C@H](c2ccc(F)cc2)N(C)C)c(OC)c1. The highest BCUT2D eigenvalue weighted by Crippen LogP contribution is 2.40. The van der Waals surface area contributed by atoms with Crippen LogP contribution in [0.3, 0.4) is 0 Å². The highest BCUT2D eigenvalue weighted by atomic mass is 19.1. The standard InChI is InChI=1S/C22H27FN2O3/c1-24(2)21(15-7-9-16(23)10-8-15)22(26)25-13-5-6-19(25)18-12-11-17(27-3)14-20(18)28-4/h7-12,14,19,21H,5-6,13H2,1-4H3/t19-,21+/m1/s1. The molecule has 150 valence electrons. The molecule has 1 amide bonds. The van der Waals surface area contributed by atoms with Crippen LogP contribution >= 0.6 is 0 Å². The average Bonchev–Trinajstić information content (AvgIpc) is 3.18. The number of benzene rings is 2. The summed E-state index contributed by atoms with van der Waals surface area (Å²) in [5.41, 5.74) is 1.76. The summed E-state index contributed by atoms with van der Waals surface area (Å²) in [6, 6.07) is 11.3. The summed E-state index contributed by atoms with van der Waals surface area (Å²) in [5, 5.41) is 0. The Morgan fingerprint density at radius 3 is 2.46 bits per heavy atom. The third-order valence-corrected chi connectivity index (χ3v) is 5.27. The molecule has 1 aliphatic heterocycles. The molecule has 0 bridgehead atoms. The number of methoxy groups -OCH3 is 2. The van der Waals surface area contributed by atoms with E-state index in [0.29, 0.717) is 18.0 Å². The van der Waals surface area contributed by atoms with Gasteiger partial charge in [-0.05, 0) is 56.8 Å². The number of carbonyl (C=O) groups excluding carboxylic acids is 1. The van der Waals surface area contributed by atoms with Crippen LogP contribution in [-0.4, -0.2) is 50.6 Å². The van der Waals surface area contributed by atoms with Crippen molar-refractivity contribution in [1.82, 2.24) is 9.80 Å². The minimum Gasteiger partial charge on any atom is -0.497 e. The van der Waals surface area contributed by atoms with Gasteiger partial charge in [-0.1, -0.05) is 12.1 Å². The van der Waals surface area contributed by atoms with E-state index in [1.54, 1.807) is 26.4 Å². The van der Waals surface area contributed by atoms with Crippen LogP contribution < -0.4 is 9.47 Å². The molecule has 0 radical (unpaired) electrons. The van der Waals surface area contributed by atoms with Crippen LogP contribution in [0.1, 0.15) is 36.1 Å². The van der Waals surface area contributed by atoms with Gasteiger partial charge >= 0.3 is 0 Å². The number of nitrogens with zero attached hydrogens (tertiary/aromatic N) is 2. The second-order valence-electron chi connectivity index (χ2n) is 7.22. The van der Waals surface area contributed by atoms with Crippen LogP contribution in [0.4, 0.5) is 4.39 Å². The van der Waals surface area contributed by atoms with E-state index >= 15 is 0 Å². The van der Waals surface area contributed by atoms with Gasteiger partial charge in [0.15, 0.2) is 0 Å². The monoisotopic (exact) mass is 386 g/mol. The predicted molar refractivity (Wildman–Crippen MR) is 106 cm³/mol. The third kappa shape index (κ3) is 3.97. The van der Waals surface area contributed by atoms with Gasteiger partial charge in [-0.3, -0.25) is 9.69 Å². The first-order chi connectivity index (χ1) is 13.5. The fourth-order valence-electron chi connectivity index (χ4n) is 3.91. The van der Waals surface area contributed by atoms with Crippen LogP contribution in [0, 0.1) is 5.82 Å². The lowest BCUT2D eigenvalue weighted by atomic mass is 10.0. The molecule has 1 fully saturated rings. The molecule has 2 aromatic rings. The quantitative estimate of drug-likeness (QED) is 0.757. The molecule has 0 unspecified atom stereocenters. The molecule has 0 spiro atoms. The van der Waals surface area contributed by atoms with Gasteiger partial charge < -0.3 is 14.4 Å². The topological polar surface area (TPSA) is 42.0 Å². The lowest BCUT2D eigenvalue weighted by Gasteiger charge is -2.33. The predicted octanol–water partition coefficient (Wildman–Crippen LogP) is 3.81. The van der Waals surface area contributed by atoms with Gasteiger partial charge in [0, 0.05) is 18.2 Å². The zero-order valence-electron chi connectivity index (χ0n) is 16.8. The van der Waals surface area contributed by atoms with Gasteiger partial charge in [0.25, 0.3) is 0 Å². The van der Waals surface area contributed by atoms with Crippen LogP contribution in [0.25, 0.3) is 0 Å². The summed E-state index contributed by atoms with van der Waals surface area (Å²) in [6.07, 6.45) is 1.80. The molecule has 3 rings (SSSR count). The smallest absolute Gasteiger partial charge is 0.245 e. The van der Waals surface area contributed by atoms with E-state index in [-0.39, 0.29) is 17.8 Å². The Bertz CT molecular complexity index is 823. The van der Waals surface area contributed by atoms with E-state index in [4.69, 9.17) is 9.47 Å². The number of amides is 1. The molecule has 6 heteroatoms. The normalized spacial score (nSPS) is 17.6. The maximum Gasteiger partial charge on any atom is 0.245 e. The molecule has 5 nitrogen and oxygen atoms in total. The molecule has 1 saturated heterocycles. The van der Waals surface area contributed by atoms with Crippen LogP contribution in [0.15, 0.2) is 42.5 Å². The van der Waals surface area contributed by atoms with Crippen molar-refractivity contribution in [2.24, 2.45) is 0 Å². The first-order valence-electron chi connectivity index (χ1n) is 9.40. The second-order valence-corrected chi connectivity index (χ2v) is 7.22. The van der Waals surface area contributed by atoms with Crippen molar-refractivity contribution >= 4 is 5.91 Å². The Balaban J connectivity index is 1.92. The largest absolute Gasteiger partial charge is 0.497 e. The zero-order chi connectivity index (χ0) is 20.3. The number of halogens is 1. The second kappa shape index (κ2) is 8.61. The average molecular weight is 386 g/mol. The summed E-state index contributed by atoms with van der Waals surface area (Å²) in [5.74, 6) is 1.13. The Morgan fingerprint density at radius 1 is 1.14 bits per heavy atom. The summed E-state index contributed by atoms with van der Waals surface area (Å²) in [7, 11) is 6.97. The molecule has 2 aromatic carbocycles. The highest BCUT2D eigenvalue weighted by Gasteiger charge is 2.36. The van der Waals surface area contributed by atoms with Crippen molar-refractivity contribution in [3.05, 3.63) is 59.4 Å². The molecular weight excluding hydrogens is 359 g/mol. The number of hydrogen-bond donors (Lipinski definition) is 0. The fourth-order valence-corrected chi connectivity index (χ4v) is 3.91. The van der Waals surface area contributed by atoms with Crippen LogP contribution in [0.5, 0.6) is 11.5 Å². The van der Waals surface area contributed by atoms with Crippen LogP contribution in [-0.2, 0) is 4.79 Å². The van der Waals surface area contributed by atoms with Gasteiger partial charge in [0.1, 0.15) is 23.4 Å². The zero-order valence-corrected chi connectivity index (χ0v) is 16.8. The lowest BCUT2D eigenvalue weighted by molar-refractivity contribution is -0.137. The lowest BCUT2D eigenvalue weighted by Crippen LogP contribution is -2.40. The number of carbonyl (C=O) groups is 1. The van der Waals surface area contributed by atoms with E-state index in [0.717, 1.165) is 24.0 Å². The fraction of sp³-hybridized carbons (Fsp3) is 0.409. The van der Waals surface area contributed by atoms with Gasteiger partial charge in [-0.15, -0.1) is 0 Å². The Morgan fingerprint density at radius 2 is 1.86 bits per heavy atom. The van der Waals surface area contributed by atoms with Gasteiger partial charge in [0.05, 0.1) is 20.3 Å². The molecular formula is C22H27FN2O3. The molecule has 2 atom stereocenters. The van der Waals surface area contributed by atoms with Crippen molar-refractivity contribution in [2.45, 2.75) is 24.9 Å². The summed E-state index contributed by atoms with van der Waals surface area (Å²) >= 11 is 0. The molecule has 28 heavy (non-hydrogen) atoms. The highest BCUT2D eigenvalue weighted by molar-refractivity contribution is 5.84. The van der Waals surface area contributed by atoms with E-state index in [1.807, 2.05) is 42.1 Å². The van der Waals surface area contributed by atoms with E-state index < -0.39 is 6.04 Å². The van der Waals surface area contributed by atoms with Crippen LogP contribution in [0.2, 0.25) is 0 Å². The Kier molecular flexibility index (Phi) is 6.19. The van der Waals surface area contributed by atoms with E-state index in [2.05, 4.69) is 0 Å². The van der Waals surface area contributed by atoms with Crippen molar-refractivity contribution in [3.63, 3.8) is 0 Å². The van der Waals surface area contributed by atoms with Crippen molar-refractivity contribution < 1.29 is 18.7 Å². The Hall–Kier alpha value is -2.60. The third-order valence-electron chi connectivity index (χ3n) is 5.27. The van der Waals surface area contributed by atoms with Crippen molar-refractivity contribution in [3.8, 4) is 11.5 Å². The van der Waals surface area contributed by atoms with E-state index in [9.17, 15) is 9.18 Å². The van der Waals surface area contributed by atoms with Gasteiger partial charge in [0.2, 0.25) is 5.91 Å². The molecule has 0 aliphatic carbocycles. The minimum absolute atomic E-state index is 0.0111. The number of ether oxygens (including phenoxy) is 2. The van der Waals surface area contributed by atoms with Gasteiger partial charge in [-0.2, -0.15) is 0 Å². The summed E-state index contributed by atoms with van der Waals surface area (Å²) in [6.45, 7) is 0.685. The number of likely N-dealkylation sites (tertiary alicyclic amines) is 1. The Labute approximate surface area is 165 Å². The number of likely N-dealkylation sites (N-methyl/N-ethyl adjacent to an activating group) is 1. The van der Waals surface area contributed by atoms with Crippen molar-refractivity contribution in [1.29, 1.82) is 0 Å². The number of hydrogen-bond acceptors (Lipinski definition) is 4. The molecule has 0 aromatic heterocycles. The van der Waals surface area contributed by atoms with E-state index in [1.165, 1.54) is 12.1 Å². The first kappa shape index (κ1) is 20.1. The molecule has 1 aliphatic rings. The van der Waals surface area contributed by atoms with Gasteiger partial charge in [-0.25, -0.2) is 4.39 Å². The molecule has 0 N–H and O–H groups in total. The molecule has 0 saturated carbocycles. The number of rotatable bonds is 6. The maximum atomic E-state index is 13.5. The summed E-state index contributed by atoms with van der Waals surface area (Å²) < 4.78 is 24.2. The molecule has 1 heterocycles. The maximum absolute atomic E-state index is 13.5. The summed E-state index contributed by atoms with van der Waals surface area (Å²) in [4.78, 5) is 17.3. The first-order valence-corrected chi connectivity index (χ1v) is 9.40. The minimum atomic E-state index is -0.467. The van der Waals surface area contributed by atoms with Crippen molar-refractivity contribution in [2.75, 3.05) is 34.9 Å².